The number of aromatic nitrogens is 3. The van der Waals surface area contributed by atoms with Crippen LogP contribution in [0.5, 0.6) is 5.75 Å². The molecule has 0 unspecified atom stereocenters. The standard InChI is InChI=1S/C32H26N6O3S/c1-19-15-23(24-16-20(17-33)5-12-28(24)41-2)25(18-34-19)29(39)37-32-36-27-11-10-26(35-30(27)42-32)21-6-8-22(9-7-21)31(40)38-13-3-4-14-38/h5-12,15-16,18H,3-4,13-14H2,1-2H3,(H,36,37,39). The van der Waals surface area contributed by atoms with Crippen LogP contribution in [0.1, 0.15) is 44.8 Å². The first-order valence-electron chi connectivity index (χ1n) is 13.5. The minimum atomic E-state index is -0.389. The zero-order valence-electron chi connectivity index (χ0n) is 23.0. The molecule has 0 atom stereocenters. The minimum Gasteiger partial charge on any atom is -0.496 e. The Bertz CT molecular complexity index is 1870. The lowest BCUT2D eigenvalue weighted by Gasteiger charge is -2.15. The number of rotatable bonds is 6. The van der Waals surface area contributed by atoms with Crippen molar-refractivity contribution < 1.29 is 14.3 Å². The topological polar surface area (TPSA) is 121 Å². The monoisotopic (exact) mass is 574 g/mol. The van der Waals surface area contributed by atoms with Gasteiger partial charge in [-0.05, 0) is 68.3 Å². The number of likely N-dealkylation sites (tertiary alicyclic amines) is 1. The molecule has 2 amide bonds. The van der Waals surface area contributed by atoms with Gasteiger partial charge < -0.3 is 9.64 Å². The number of nitriles is 1. The fraction of sp³-hybridized carbons (Fsp3) is 0.188. The van der Waals surface area contributed by atoms with Crippen molar-refractivity contribution in [3.05, 3.63) is 89.2 Å². The van der Waals surface area contributed by atoms with Gasteiger partial charge in [0.2, 0.25) is 0 Å². The van der Waals surface area contributed by atoms with Crippen molar-refractivity contribution in [1.29, 1.82) is 5.26 Å². The lowest BCUT2D eigenvalue weighted by molar-refractivity contribution is 0.0792. The first-order valence-corrected chi connectivity index (χ1v) is 14.3. The van der Waals surface area contributed by atoms with Crippen LogP contribution in [0, 0.1) is 18.3 Å². The van der Waals surface area contributed by atoms with Crippen molar-refractivity contribution in [2.75, 3.05) is 25.5 Å². The van der Waals surface area contributed by atoms with Gasteiger partial charge in [0.25, 0.3) is 11.8 Å². The summed E-state index contributed by atoms with van der Waals surface area (Å²) in [5, 5.41) is 12.7. The molecule has 1 fully saturated rings. The summed E-state index contributed by atoms with van der Waals surface area (Å²) in [6.07, 6.45) is 3.62. The predicted octanol–water partition coefficient (Wildman–Crippen LogP) is 6.10. The molecule has 0 bridgehead atoms. The first kappa shape index (κ1) is 27.1. The predicted molar refractivity (Wildman–Crippen MR) is 162 cm³/mol. The van der Waals surface area contributed by atoms with E-state index in [0.717, 1.165) is 42.9 Å². The van der Waals surface area contributed by atoms with Crippen LogP contribution in [-0.2, 0) is 0 Å². The Morgan fingerprint density at radius 1 is 1.00 bits per heavy atom. The second-order valence-corrected chi connectivity index (χ2v) is 10.9. The van der Waals surface area contributed by atoms with Crippen molar-refractivity contribution in [2.24, 2.45) is 0 Å². The number of nitrogens with one attached hydrogen (secondary N) is 1. The number of fused-ring (bicyclic) bond motifs is 1. The minimum absolute atomic E-state index is 0.0634. The van der Waals surface area contributed by atoms with Crippen LogP contribution in [0.4, 0.5) is 5.13 Å². The Labute approximate surface area is 246 Å². The smallest absolute Gasteiger partial charge is 0.259 e. The number of hydrogen-bond acceptors (Lipinski definition) is 8. The third-order valence-corrected chi connectivity index (χ3v) is 8.08. The van der Waals surface area contributed by atoms with Crippen molar-refractivity contribution in [1.82, 2.24) is 19.9 Å². The van der Waals surface area contributed by atoms with Crippen LogP contribution >= 0.6 is 11.3 Å². The van der Waals surface area contributed by atoms with Crippen molar-refractivity contribution >= 4 is 38.6 Å². The molecule has 6 rings (SSSR count). The third-order valence-electron chi connectivity index (χ3n) is 7.20. The number of ether oxygens (including phenoxy) is 1. The van der Waals surface area contributed by atoms with Crippen molar-refractivity contribution in [3.63, 3.8) is 0 Å². The van der Waals surface area contributed by atoms with Gasteiger partial charge in [-0.15, -0.1) is 0 Å². The summed E-state index contributed by atoms with van der Waals surface area (Å²) in [6.45, 7) is 3.46. The quantitative estimate of drug-likeness (QED) is 0.260. The first-order chi connectivity index (χ1) is 20.4. The number of hydrogen-bond donors (Lipinski definition) is 1. The molecule has 4 heterocycles. The average molecular weight is 575 g/mol. The Morgan fingerprint density at radius 3 is 2.52 bits per heavy atom. The largest absolute Gasteiger partial charge is 0.496 e. The van der Waals surface area contributed by atoms with E-state index in [1.807, 2.05) is 48.2 Å². The second kappa shape index (κ2) is 11.4. The third kappa shape index (κ3) is 5.30. The van der Waals surface area contributed by atoms with E-state index in [1.54, 1.807) is 31.4 Å². The summed E-state index contributed by atoms with van der Waals surface area (Å²) in [5.74, 6) is 0.215. The van der Waals surface area contributed by atoms with Crippen LogP contribution < -0.4 is 10.1 Å². The molecule has 0 spiro atoms. The number of carbonyl (C=O) groups is 2. The number of aryl methyl sites for hydroxylation is 1. The number of nitrogens with zero attached hydrogens (tertiary/aromatic N) is 5. The maximum absolute atomic E-state index is 13.5. The summed E-state index contributed by atoms with van der Waals surface area (Å²) in [5.41, 5.74) is 5.68. The van der Waals surface area contributed by atoms with E-state index in [9.17, 15) is 14.9 Å². The number of methoxy groups -OCH3 is 1. The highest BCUT2D eigenvalue weighted by molar-refractivity contribution is 7.22. The highest BCUT2D eigenvalue weighted by atomic mass is 32.1. The molecule has 1 aliphatic heterocycles. The molecule has 1 aliphatic rings. The molecule has 2 aromatic carbocycles. The van der Waals surface area contributed by atoms with Gasteiger partial charge in [-0.25, -0.2) is 9.97 Å². The van der Waals surface area contributed by atoms with Gasteiger partial charge in [0, 0.05) is 47.2 Å². The number of benzene rings is 2. The lowest BCUT2D eigenvalue weighted by Crippen LogP contribution is -2.27. The summed E-state index contributed by atoms with van der Waals surface area (Å²) in [4.78, 5) is 42.4. The van der Waals surface area contributed by atoms with Crippen LogP contribution in [-0.4, -0.2) is 51.9 Å². The van der Waals surface area contributed by atoms with Gasteiger partial charge in [0.1, 0.15) is 16.1 Å². The fourth-order valence-electron chi connectivity index (χ4n) is 5.03. The molecular weight excluding hydrogens is 548 g/mol. The van der Waals surface area contributed by atoms with Crippen LogP contribution in [0.15, 0.2) is 66.9 Å². The van der Waals surface area contributed by atoms with Gasteiger partial charge >= 0.3 is 0 Å². The van der Waals surface area contributed by atoms with E-state index in [-0.39, 0.29) is 11.8 Å². The zero-order chi connectivity index (χ0) is 29.2. The maximum atomic E-state index is 13.5. The van der Waals surface area contributed by atoms with Crippen molar-refractivity contribution in [2.45, 2.75) is 19.8 Å². The molecule has 10 heteroatoms. The van der Waals surface area contributed by atoms with Gasteiger partial charge in [-0.3, -0.25) is 19.9 Å². The van der Waals surface area contributed by atoms with Gasteiger partial charge in [-0.2, -0.15) is 5.26 Å². The zero-order valence-corrected chi connectivity index (χ0v) is 23.9. The SMILES string of the molecule is COc1ccc(C#N)cc1-c1cc(C)ncc1C(=O)Nc1nc2ccc(-c3ccc(C(=O)N4CCCC4)cc3)nc2s1. The van der Waals surface area contributed by atoms with Crippen LogP contribution in [0.3, 0.4) is 0 Å². The number of carbonyl (C=O) groups excluding carboxylic acids is 2. The molecular formula is C32H26N6O3S. The molecule has 0 saturated carbocycles. The van der Waals surface area contributed by atoms with E-state index in [2.05, 4.69) is 21.4 Å². The molecule has 1 N–H and O–H groups in total. The molecule has 3 aromatic heterocycles. The van der Waals surface area contributed by atoms with E-state index in [4.69, 9.17) is 9.72 Å². The Kier molecular flexibility index (Phi) is 7.33. The van der Waals surface area contributed by atoms with E-state index in [0.29, 0.717) is 49.0 Å². The summed E-state index contributed by atoms with van der Waals surface area (Å²) in [7, 11) is 1.55. The molecule has 9 nitrogen and oxygen atoms in total. The summed E-state index contributed by atoms with van der Waals surface area (Å²) in [6, 6.07) is 20.2. The number of anilines is 1. The molecule has 42 heavy (non-hydrogen) atoms. The van der Waals surface area contributed by atoms with Gasteiger partial charge in [-0.1, -0.05) is 23.5 Å². The van der Waals surface area contributed by atoms with E-state index < -0.39 is 0 Å². The molecule has 0 aliphatic carbocycles. The van der Waals surface area contributed by atoms with Crippen LogP contribution in [0.2, 0.25) is 0 Å². The van der Waals surface area contributed by atoms with Gasteiger partial charge in [0.05, 0.1) is 30.0 Å². The Balaban J connectivity index is 1.25. The van der Waals surface area contributed by atoms with E-state index in [1.165, 1.54) is 17.5 Å². The number of pyridine rings is 2. The molecule has 1 saturated heterocycles. The molecule has 0 radical (unpaired) electrons. The summed E-state index contributed by atoms with van der Waals surface area (Å²) < 4.78 is 5.52. The fourth-order valence-corrected chi connectivity index (χ4v) is 5.87. The Hall–Kier alpha value is -5.14. The molecule has 208 valence electrons. The number of thiazole rings is 1. The normalized spacial score (nSPS) is 12.7. The lowest BCUT2D eigenvalue weighted by atomic mass is 9.97. The van der Waals surface area contributed by atoms with Gasteiger partial charge in [0.15, 0.2) is 5.13 Å². The van der Waals surface area contributed by atoms with Crippen LogP contribution in [0.25, 0.3) is 32.7 Å². The molecule has 5 aromatic rings. The second-order valence-electron chi connectivity index (χ2n) is 9.97. The highest BCUT2D eigenvalue weighted by Gasteiger charge is 2.21. The van der Waals surface area contributed by atoms with E-state index >= 15 is 0 Å². The Morgan fingerprint density at radius 2 is 1.79 bits per heavy atom. The maximum Gasteiger partial charge on any atom is 0.259 e. The van der Waals surface area contributed by atoms with Crippen molar-refractivity contribution in [3.8, 4) is 34.2 Å². The number of amides is 2. The average Bonchev–Trinajstić information content (AvgIpc) is 3.70. The highest BCUT2D eigenvalue weighted by Crippen LogP contribution is 2.35. The summed E-state index contributed by atoms with van der Waals surface area (Å²) >= 11 is 1.27.